The fourth-order valence-electron chi connectivity index (χ4n) is 2.75. The van der Waals surface area contributed by atoms with Crippen LogP contribution in [0.2, 0.25) is 0 Å². The van der Waals surface area contributed by atoms with Crippen molar-refractivity contribution in [3.8, 4) is 0 Å². The summed E-state index contributed by atoms with van der Waals surface area (Å²) in [6, 6.07) is 13.7. The third-order valence-corrected chi connectivity index (χ3v) is 6.88. The second-order valence-electron chi connectivity index (χ2n) is 6.00. The molecule has 0 saturated carbocycles. The lowest BCUT2D eigenvalue weighted by atomic mass is 10.2. The second kappa shape index (κ2) is 8.26. The third kappa shape index (κ3) is 4.78. The van der Waals surface area contributed by atoms with Gasteiger partial charge >= 0.3 is 0 Å². The third-order valence-electron chi connectivity index (χ3n) is 4.07. The van der Waals surface area contributed by atoms with E-state index in [-0.39, 0.29) is 24.1 Å². The molecule has 7 nitrogen and oxygen atoms in total. The van der Waals surface area contributed by atoms with Crippen LogP contribution < -0.4 is 14.9 Å². The Morgan fingerprint density at radius 1 is 1.07 bits per heavy atom. The lowest BCUT2D eigenvalue weighted by molar-refractivity contribution is -0.115. The summed E-state index contributed by atoms with van der Waals surface area (Å²) in [4.78, 5) is 24.2. The molecule has 0 bridgehead atoms. The first-order valence-electron chi connectivity index (χ1n) is 8.30. The van der Waals surface area contributed by atoms with Crippen LogP contribution in [-0.2, 0) is 14.8 Å². The van der Waals surface area contributed by atoms with Gasteiger partial charge in [-0.2, -0.15) is 0 Å². The average Bonchev–Trinajstić information content (AvgIpc) is 3.00. The molecule has 2 N–H and O–H groups in total. The maximum absolute atomic E-state index is 12.1. The number of halogens is 1. The maximum Gasteiger partial charge on any atom is 0.252 e. The van der Waals surface area contributed by atoms with Gasteiger partial charge in [0.05, 0.1) is 23.5 Å². The van der Waals surface area contributed by atoms with E-state index < -0.39 is 10.0 Å². The van der Waals surface area contributed by atoms with Gasteiger partial charge in [-0.1, -0.05) is 12.1 Å². The number of amides is 2. The number of anilines is 2. The zero-order chi connectivity index (χ0) is 19.4. The van der Waals surface area contributed by atoms with E-state index in [0.717, 1.165) is 3.57 Å². The largest absolute Gasteiger partial charge is 0.343 e. The van der Waals surface area contributed by atoms with Gasteiger partial charge in [0.25, 0.3) is 5.91 Å². The summed E-state index contributed by atoms with van der Waals surface area (Å²) in [7, 11) is -3.23. The van der Waals surface area contributed by atoms with E-state index in [1.54, 1.807) is 36.4 Å². The Kier molecular flexibility index (Phi) is 6.00. The summed E-state index contributed by atoms with van der Waals surface area (Å²) in [5.41, 5.74) is 1.63. The van der Waals surface area contributed by atoms with Crippen LogP contribution in [0.3, 0.4) is 0 Å². The summed E-state index contributed by atoms with van der Waals surface area (Å²) < 4.78 is 26.0. The van der Waals surface area contributed by atoms with Crippen molar-refractivity contribution in [2.75, 3.05) is 28.5 Å². The summed E-state index contributed by atoms with van der Waals surface area (Å²) in [6.45, 7) is 0.310. The minimum absolute atomic E-state index is 0.158. The first-order chi connectivity index (χ1) is 12.9. The number of rotatable bonds is 5. The average molecular weight is 499 g/mol. The lowest BCUT2D eigenvalue weighted by Crippen LogP contribution is -2.33. The fraction of sp³-hybridized carbons (Fsp3) is 0.222. The molecule has 27 heavy (non-hydrogen) atoms. The molecule has 2 aromatic rings. The van der Waals surface area contributed by atoms with Crippen LogP contribution in [0.15, 0.2) is 48.5 Å². The Morgan fingerprint density at radius 2 is 1.78 bits per heavy atom. The number of benzene rings is 2. The van der Waals surface area contributed by atoms with Crippen molar-refractivity contribution in [2.45, 2.75) is 6.42 Å². The maximum atomic E-state index is 12.1. The molecule has 3 rings (SSSR count). The van der Waals surface area contributed by atoms with Gasteiger partial charge in [0.15, 0.2) is 0 Å². The molecule has 2 amide bonds. The van der Waals surface area contributed by atoms with Crippen molar-refractivity contribution in [1.29, 1.82) is 0 Å². The summed E-state index contributed by atoms with van der Waals surface area (Å²) >= 11 is 2.06. The SMILES string of the molecule is O=C(CNC(=O)c1ccccc1I)Nc1ccc(N2CCCS2(=O)=O)cc1. The van der Waals surface area contributed by atoms with Gasteiger partial charge < -0.3 is 10.6 Å². The zero-order valence-corrected chi connectivity index (χ0v) is 17.3. The normalized spacial score (nSPS) is 15.4. The number of nitrogens with zero attached hydrogens (tertiary/aromatic N) is 1. The van der Waals surface area contributed by atoms with E-state index >= 15 is 0 Å². The second-order valence-corrected chi connectivity index (χ2v) is 9.17. The lowest BCUT2D eigenvalue weighted by Gasteiger charge is -2.17. The summed E-state index contributed by atoms with van der Waals surface area (Å²) in [5.74, 6) is -0.522. The van der Waals surface area contributed by atoms with Gasteiger partial charge in [-0.3, -0.25) is 13.9 Å². The number of nitrogens with one attached hydrogen (secondary N) is 2. The number of carbonyl (C=O) groups excluding carboxylic acids is 2. The molecule has 0 atom stereocenters. The topological polar surface area (TPSA) is 95.6 Å². The van der Waals surface area contributed by atoms with Crippen molar-refractivity contribution in [3.05, 3.63) is 57.7 Å². The van der Waals surface area contributed by atoms with Crippen molar-refractivity contribution in [2.24, 2.45) is 0 Å². The highest BCUT2D eigenvalue weighted by Gasteiger charge is 2.28. The molecule has 1 aliphatic heterocycles. The van der Waals surface area contributed by atoms with E-state index in [9.17, 15) is 18.0 Å². The Hall–Kier alpha value is -2.14. The number of sulfonamides is 1. The molecule has 1 fully saturated rings. The Morgan fingerprint density at radius 3 is 2.41 bits per heavy atom. The number of hydrogen-bond acceptors (Lipinski definition) is 4. The molecule has 0 aromatic heterocycles. The standard InChI is InChI=1S/C18H18IN3O4S/c19-16-5-2-1-4-15(16)18(24)20-12-17(23)21-13-6-8-14(9-7-13)22-10-3-11-27(22,25)26/h1-2,4-9H,3,10-12H2,(H,20,24)(H,21,23). The smallest absolute Gasteiger partial charge is 0.252 e. The highest BCUT2D eigenvalue weighted by Crippen LogP contribution is 2.25. The molecule has 1 heterocycles. The van der Waals surface area contributed by atoms with Gasteiger partial charge in [0.1, 0.15) is 0 Å². The van der Waals surface area contributed by atoms with Crippen LogP contribution >= 0.6 is 22.6 Å². The van der Waals surface area contributed by atoms with Gasteiger partial charge in [-0.25, -0.2) is 8.42 Å². The van der Waals surface area contributed by atoms with Gasteiger partial charge in [-0.15, -0.1) is 0 Å². The van der Waals surface area contributed by atoms with Gasteiger partial charge in [0.2, 0.25) is 15.9 Å². The molecule has 0 unspecified atom stereocenters. The Bertz CT molecular complexity index is 961. The van der Waals surface area contributed by atoms with Crippen LogP contribution in [0.1, 0.15) is 16.8 Å². The fourth-order valence-corrected chi connectivity index (χ4v) is 4.94. The van der Waals surface area contributed by atoms with Crippen molar-refractivity contribution in [1.82, 2.24) is 5.32 Å². The molecule has 142 valence electrons. The van der Waals surface area contributed by atoms with Crippen molar-refractivity contribution >= 4 is 55.8 Å². The highest BCUT2D eigenvalue weighted by atomic mass is 127. The molecular weight excluding hydrogens is 481 g/mol. The molecule has 0 radical (unpaired) electrons. The number of hydrogen-bond donors (Lipinski definition) is 2. The van der Waals surface area contributed by atoms with E-state index in [0.29, 0.717) is 29.9 Å². The molecule has 1 aliphatic rings. The quantitative estimate of drug-likeness (QED) is 0.617. The minimum Gasteiger partial charge on any atom is -0.343 e. The molecule has 2 aromatic carbocycles. The van der Waals surface area contributed by atoms with Crippen LogP contribution in [0.4, 0.5) is 11.4 Å². The van der Waals surface area contributed by atoms with Gasteiger partial charge in [-0.05, 0) is 65.4 Å². The molecule has 1 saturated heterocycles. The van der Waals surface area contributed by atoms with Crippen molar-refractivity contribution < 1.29 is 18.0 Å². The Balaban J connectivity index is 1.55. The summed E-state index contributed by atoms with van der Waals surface area (Å²) in [6.07, 6.45) is 0.612. The number of carbonyl (C=O) groups is 2. The van der Waals surface area contributed by atoms with E-state index in [1.807, 2.05) is 12.1 Å². The molecule has 9 heteroatoms. The summed E-state index contributed by atoms with van der Waals surface area (Å²) in [5, 5.41) is 5.26. The first kappa shape index (κ1) is 19.6. The van der Waals surface area contributed by atoms with Crippen LogP contribution in [0.5, 0.6) is 0 Å². The molecular formula is C18H18IN3O4S. The highest BCUT2D eigenvalue weighted by molar-refractivity contribution is 14.1. The zero-order valence-electron chi connectivity index (χ0n) is 14.3. The van der Waals surface area contributed by atoms with Crippen LogP contribution in [0.25, 0.3) is 0 Å². The van der Waals surface area contributed by atoms with E-state index in [1.165, 1.54) is 4.31 Å². The van der Waals surface area contributed by atoms with Crippen molar-refractivity contribution in [3.63, 3.8) is 0 Å². The Labute approximate surface area is 171 Å². The predicted molar refractivity (Wildman–Crippen MR) is 112 cm³/mol. The van der Waals surface area contributed by atoms with E-state index in [4.69, 9.17) is 0 Å². The molecule has 0 aliphatic carbocycles. The monoisotopic (exact) mass is 499 g/mol. The van der Waals surface area contributed by atoms with Crippen LogP contribution in [-0.4, -0.2) is 39.1 Å². The van der Waals surface area contributed by atoms with E-state index in [2.05, 4.69) is 33.2 Å². The van der Waals surface area contributed by atoms with Crippen LogP contribution in [0, 0.1) is 3.57 Å². The molecule has 0 spiro atoms. The minimum atomic E-state index is -3.23. The predicted octanol–water partition coefficient (Wildman–Crippen LogP) is 2.20. The first-order valence-corrected chi connectivity index (χ1v) is 11.0. The van der Waals surface area contributed by atoms with Gasteiger partial charge in [0, 0.05) is 15.8 Å².